The monoisotopic (exact) mass is 208 g/mol. The first-order valence-electron chi connectivity index (χ1n) is 4.33. The molecule has 0 radical (unpaired) electrons. The first-order valence-corrected chi connectivity index (χ1v) is 4.33. The highest BCUT2D eigenvalue weighted by molar-refractivity contribution is 6.01. The second kappa shape index (κ2) is 4.00. The van der Waals surface area contributed by atoms with Crippen molar-refractivity contribution in [3.05, 3.63) is 17.7 Å². The molecule has 1 aromatic rings. The quantitative estimate of drug-likeness (QED) is 0.294. The molecule has 0 saturated heterocycles. The van der Waals surface area contributed by atoms with Crippen molar-refractivity contribution in [3.8, 4) is 5.75 Å². The average molecular weight is 208 g/mol. The van der Waals surface area contributed by atoms with Crippen molar-refractivity contribution in [2.75, 3.05) is 11.1 Å². The van der Waals surface area contributed by atoms with Crippen molar-refractivity contribution in [2.24, 2.45) is 0 Å². The Hall–Kier alpha value is -2.04. The zero-order chi connectivity index (χ0) is 11.6. The van der Waals surface area contributed by atoms with Crippen LogP contribution in [-0.2, 0) is 4.79 Å². The summed E-state index contributed by atoms with van der Waals surface area (Å²) >= 11 is 0. The van der Waals surface area contributed by atoms with Crippen LogP contribution in [0.15, 0.2) is 12.1 Å². The van der Waals surface area contributed by atoms with Crippen LogP contribution < -0.4 is 11.1 Å². The maximum atomic E-state index is 11.1. The summed E-state index contributed by atoms with van der Waals surface area (Å²) in [6, 6.07) is 2.78. The number of hydrogen-bond acceptors (Lipinski definition) is 4. The van der Waals surface area contributed by atoms with Gasteiger partial charge in [0, 0.05) is 12.6 Å². The Bertz CT molecular complexity index is 427. The van der Waals surface area contributed by atoms with E-state index in [0.717, 1.165) is 0 Å². The highest BCUT2D eigenvalue weighted by Gasteiger charge is 2.11. The van der Waals surface area contributed by atoms with E-state index < -0.39 is 0 Å². The van der Waals surface area contributed by atoms with E-state index in [0.29, 0.717) is 5.69 Å². The normalized spacial score (nSPS) is 9.73. The van der Waals surface area contributed by atoms with Gasteiger partial charge in [-0.1, -0.05) is 0 Å². The van der Waals surface area contributed by atoms with Crippen molar-refractivity contribution in [1.29, 1.82) is 0 Å². The topological polar surface area (TPSA) is 92.4 Å². The van der Waals surface area contributed by atoms with E-state index in [1.54, 1.807) is 0 Å². The van der Waals surface area contributed by atoms with Gasteiger partial charge in [0.15, 0.2) is 5.78 Å². The number of phenols is 1. The lowest BCUT2D eigenvalue weighted by molar-refractivity contribution is -0.114. The second-order valence-electron chi connectivity index (χ2n) is 3.20. The van der Waals surface area contributed by atoms with E-state index in [9.17, 15) is 14.7 Å². The lowest BCUT2D eigenvalue weighted by Gasteiger charge is -2.08. The number of rotatable bonds is 2. The van der Waals surface area contributed by atoms with Gasteiger partial charge in [-0.05, 0) is 19.1 Å². The van der Waals surface area contributed by atoms with Gasteiger partial charge < -0.3 is 16.2 Å². The fourth-order valence-electron chi connectivity index (χ4n) is 1.20. The van der Waals surface area contributed by atoms with Crippen LogP contribution in [0.25, 0.3) is 0 Å². The smallest absolute Gasteiger partial charge is 0.221 e. The lowest BCUT2D eigenvalue weighted by Crippen LogP contribution is -2.07. The molecule has 15 heavy (non-hydrogen) atoms. The molecule has 0 spiro atoms. The molecule has 0 aliphatic rings. The predicted octanol–water partition coefficient (Wildman–Crippen LogP) is 1.14. The van der Waals surface area contributed by atoms with Crippen molar-refractivity contribution < 1.29 is 14.7 Å². The van der Waals surface area contributed by atoms with Crippen LogP contribution in [0.2, 0.25) is 0 Å². The summed E-state index contributed by atoms with van der Waals surface area (Å²) in [6.07, 6.45) is 0. The van der Waals surface area contributed by atoms with Crippen LogP contribution >= 0.6 is 0 Å². The number of anilines is 2. The largest absolute Gasteiger partial charge is 0.505 e. The maximum Gasteiger partial charge on any atom is 0.221 e. The third kappa shape index (κ3) is 2.46. The second-order valence-corrected chi connectivity index (χ2v) is 3.20. The lowest BCUT2D eigenvalue weighted by atomic mass is 10.1. The van der Waals surface area contributed by atoms with Crippen LogP contribution in [0.5, 0.6) is 5.75 Å². The van der Waals surface area contributed by atoms with Crippen molar-refractivity contribution in [3.63, 3.8) is 0 Å². The van der Waals surface area contributed by atoms with Gasteiger partial charge in [-0.15, -0.1) is 0 Å². The van der Waals surface area contributed by atoms with Gasteiger partial charge in [-0.25, -0.2) is 0 Å². The molecule has 0 bridgehead atoms. The standard InChI is InChI=1S/C10H12N2O3/c1-5(13)8-3-7(12-6(2)14)4-9(11)10(8)15/h3-4,15H,11H2,1-2H3,(H,12,14). The first kappa shape index (κ1) is 11.0. The summed E-state index contributed by atoms with van der Waals surface area (Å²) in [6.45, 7) is 2.66. The summed E-state index contributed by atoms with van der Waals surface area (Å²) in [5.41, 5.74) is 6.03. The van der Waals surface area contributed by atoms with Crippen molar-refractivity contribution in [2.45, 2.75) is 13.8 Å². The fraction of sp³-hybridized carbons (Fsp3) is 0.200. The number of amides is 1. The third-order valence-corrected chi connectivity index (χ3v) is 1.84. The van der Waals surface area contributed by atoms with Gasteiger partial charge in [0.25, 0.3) is 0 Å². The number of phenolic OH excluding ortho intramolecular Hbond substituents is 1. The van der Waals surface area contributed by atoms with E-state index in [1.165, 1.54) is 26.0 Å². The summed E-state index contributed by atoms with van der Waals surface area (Å²) in [4.78, 5) is 21.9. The first-order chi connectivity index (χ1) is 6.91. The number of benzene rings is 1. The zero-order valence-electron chi connectivity index (χ0n) is 8.50. The van der Waals surface area contributed by atoms with Gasteiger partial charge in [-0.3, -0.25) is 9.59 Å². The van der Waals surface area contributed by atoms with Gasteiger partial charge in [0.2, 0.25) is 5.91 Å². The van der Waals surface area contributed by atoms with Crippen LogP contribution in [0, 0.1) is 0 Å². The molecule has 1 rings (SSSR count). The number of nitrogens with one attached hydrogen (secondary N) is 1. The molecule has 80 valence electrons. The Morgan fingerprint density at radius 1 is 1.33 bits per heavy atom. The molecule has 1 aromatic carbocycles. The number of Topliss-reactive ketones (excluding diaryl/α,β-unsaturated/α-hetero) is 1. The maximum absolute atomic E-state index is 11.1. The summed E-state index contributed by atoms with van der Waals surface area (Å²) < 4.78 is 0. The molecule has 5 nitrogen and oxygen atoms in total. The molecule has 1 amide bonds. The van der Waals surface area contributed by atoms with E-state index in [-0.39, 0.29) is 28.7 Å². The number of aromatic hydroxyl groups is 1. The Morgan fingerprint density at radius 3 is 2.40 bits per heavy atom. The van der Waals surface area contributed by atoms with Crippen molar-refractivity contribution in [1.82, 2.24) is 0 Å². The van der Waals surface area contributed by atoms with E-state index >= 15 is 0 Å². The molecule has 5 heteroatoms. The number of ketones is 1. The van der Waals surface area contributed by atoms with E-state index in [1.807, 2.05) is 0 Å². The summed E-state index contributed by atoms with van der Waals surface area (Å²) in [5.74, 6) is -0.836. The van der Waals surface area contributed by atoms with Gasteiger partial charge in [0.05, 0.1) is 11.3 Å². The Labute approximate surface area is 86.9 Å². The molecule has 0 saturated carbocycles. The minimum absolute atomic E-state index is 0.0615. The van der Waals surface area contributed by atoms with E-state index in [4.69, 9.17) is 5.73 Å². The molecule has 0 fully saturated rings. The van der Waals surface area contributed by atoms with Gasteiger partial charge in [-0.2, -0.15) is 0 Å². The Morgan fingerprint density at radius 2 is 1.93 bits per heavy atom. The number of carbonyl (C=O) groups is 2. The summed E-state index contributed by atoms with van der Waals surface area (Å²) in [7, 11) is 0. The van der Waals surface area contributed by atoms with Crippen molar-refractivity contribution >= 4 is 23.1 Å². The van der Waals surface area contributed by atoms with Crippen LogP contribution in [0.3, 0.4) is 0 Å². The number of nitrogens with two attached hydrogens (primary N) is 1. The summed E-state index contributed by atoms with van der Waals surface area (Å²) in [5, 5.41) is 12.0. The Kier molecular flexibility index (Phi) is 2.94. The third-order valence-electron chi connectivity index (χ3n) is 1.84. The minimum atomic E-state index is -0.314. The highest BCUT2D eigenvalue weighted by atomic mass is 16.3. The highest BCUT2D eigenvalue weighted by Crippen LogP contribution is 2.29. The molecular formula is C10H12N2O3. The Balaban J connectivity index is 3.23. The van der Waals surface area contributed by atoms with Crippen LogP contribution in [0.4, 0.5) is 11.4 Å². The van der Waals surface area contributed by atoms with Crippen LogP contribution in [0.1, 0.15) is 24.2 Å². The minimum Gasteiger partial charge on any atom is -0.505 e. The molecule has 0 aromatic heterocycles. The molecule has 4 N–H and O–H groups in total. The molecule has 0 unspecified atom stereocenters. The van der Waals surface area contributed by atoms with Gasteiger partial charge in [0.1, 0.15) is 5.75 Å². The number of carbonyl (C=O) groups excluding carboxylic acids is 2. The number of hydrogen-bond donors (Lipinski definition) is 3. The average Bonchev–Trinajstić information content (AvgIpc) is 2.09. The number of nitrogen functional groups attached to an aromatic ring is 1. The SMILES string of the molecule is CC(=O)Nc1cc(N)c(O)c(C(C)=O)c1. The predicted molar refractivity (Wildman–Crippen MR) is 56.8 cm³/mol. The molecule has 0 aliphatic carbocycles. The molecule has 0 atom stereocenters. The van der Waals surface area contributed by atoms with Crippen LogP contribution in [-0.4, -0.2) is 16.8 Å². The molecule has 0 aliphatic heterocycles. The molecule has 0 heterocycles. The zero-order valence-corrected chi connectivity index (χ0v) is 8.50. The fourth-order valence-corrected chi connectivity index (χ4v) is 1.20. The molecular weight excluding hydrogens is 196 g/mol. The van der Waals surface area contributed by atoms with Gasteiger partial charge >= 0.3 is 0 Å². The van der Waals surface area contributed by atoms with E-state index in [2.05, 4.69) is 5.32 Å².